The minimum atomic E-state index is -0.906. The van der Waals surface area contributed by atoms with Crippen molar-refractivity contribution >= 4 is 23.7 Å². The Morgan fingerprint density at radius 2 is 2.10 bits per heavy atom. The SMILES string of the molecule is Cc1ccc(Sc2ncc(C(=O)NC(=O)N[C@H]3CC(O)[C@@H](CO)O3)cc2C#N)cc1. The van der Waals surface area contributed by atoms with Crippen molar-refractivity contribution in [1.82, 2.24) is 15.6 Å². The average molecular weight is 428 g/mol. The van der Waals surface area contributed by atoms with Gasteiger partial charge in [-0.1, -0.05) is 29.5 Å². The number of nitriles is 1. The van der Waals surface area contributed by atoms with Gasteiger partial charge in [-0.2, -0.15) is 5.26 Å². The number of hydrogen-bond acceptors (Lipinski definition) is 8. The van der Waals surface area contributed by atoms with Crippen molar-refractivity contribution in [2.45, 2.75) is 41.7 Å². The second-order valence-electron chi connectivity index (χ2n) is 6.68. The number of aliphatic hydroxyl groups is 2. The smallest absolute Gasteiger partial charge is 0.323 e. The van der Waals surface area contributed by atoms with Gasteiger partial charge in [-0.05, 0) is 25.1 Å². The standard InChI is InChI=1S/C20H20N4O5S/c1-11-2-4-14(5-3-11)30-19-12(8-21)6-13(9-22-19)18(27)24-20(28)23-17-7-15(26)16(10-25)29-17/h2-6,9,15-17,25-26H,7,10H2,1H3,(H2,23,24,27,28)/t15?,16-,17-/m1/s1. The maximum atomic E-state index is 12.3. The van der Waals surface area contributed by atoms with Gasteiger partial charge in [-0.25, -0.2) is 9.78 Å². The Morgan fingerprint density at radius 3 is 2.73 bits per heavy atom. The highest BCUT2D eigenvalue weighted by Crippen LogP contribution is 2.29. The molecule has 4 N–H and O–H groups in total. The summed E-state index contributed by atoms with van der Waals surface area (Å²) in [6.07, 6.45) is -1.13. The van der Waals surface area contributed by atoms with Crippen LogP contribution in [0.4, 0.5) is 4.79 Å². The van der Waals surface area contributed by atoms with E-state index < -0.39 is 30.4 Å². The molecule has 0 radical (unpaired) electrons. The van der Waals surface area contributed by atoms with Crippen LogP contribution in [0.1, 0.15) is 27.9 Å². The third kappa shape index (κ3) is 5.34. The normalized spacial score (nSPS) is 20.4. The lowest BCUT2D eigenvalue weighted by Crippen LogP contribution is -2.44. The van der Waals surface area contributed by atoms with E-state index in [1.165, 1.54) is 24.0 Å². The molecule has 0 aliphatic carbocycles. The summed E-state index contributed by atoms with van der Waals surface area (Å²) in [5.41, 5.74) is 1.37. The Kier molecular flexibility index (Phi) is 7.02. The molecule has 3 atom stereocenters. The highest BCUT2D eigenvalue weighted by Gasteiger charge is 2.34. The highest BCUT2D eigenvalue weighted by molar-refractivity contribution is 7.99. The number of carbonyl (C=O) groups is 2. The van der Waals surface area contributed by atoms with E-state index in [0.717, 1.165) is 10.5 Å². The number of imide groups is 1. The number of nitrogens with zero attached hydrogens (tertiary/aromatic N) is 2. The van der Waals surface area contributed by atoms with Gasteiger partial charge in [0.25, 0.3) is 5.91 Å². The van der Waals surface area contributed by atoms with Crippen molar-refractivity contribution in [1.29, 1.82) is 5.26 Å². The predicted octanol–water partition coefficient (Wildman–Crippen LogP) is 1.32. The second kappa shape index (κ2) is 9.69. The van der Waals surface area contributed by atoms with Crippen molar-refractivity contribution in [3.05, 3.63) is 53.2 Å². The quantitative estimate of drug-likeness (QED) is 0.558. The zero-order valence-corrected chi connectivity index (χ0v) is 16.8. The summed E-state index contributed by atoms with van der Waals surface area (Å²) in [7, 11) is 0. The van der Waals surface area contributed by atoms with Crippen LogP contribution in [-0.4, -0.2) is 52.2 Å². The van der Waals surface area contributed by atoms with Crippen LogP contribution < -0.4 is 10.6 Å². The van der Waals surface area contributed by atoms with Crippen LogP contribution in [0.5, 0.6) is 0 Å². The molecule has 2 heterocycles. The largest absolute Gasteiger partial charge is 0.394 e. The molecule has 2 aromatic rings. The van der Waals surface area contributed by atoms with Gasteiger partial charge in [0.15, 0.2) is 0 Å². The number of rotatable bonds is 5. The molecule has 1 saturated heterocycles. The Bertz CT molecular complexity index is 976. The molecule has 3 amide bonds. The maximum absolute atomic E-state index is 12.3. The lowest BCUT2D eigenvalue weighted by Gasteiger charge is -2.14. The molecule has 0 bridgehead atoms. The van der Waals surface area contributed by atoms with Crippen molar-refractivity contribution in [3.63, 3.8) is 0 Å². The van der Waals surface area contributed by atoms with E-state index in [1.807, 2.05) is 37.3 Å². The number of pyridine rings is 1. The molecular weight excluding hydrogens is 408 g/mol. The van der Waals surface area contributed by atoms with E-state index in [9.17, 15) is 20.0 Å². The first-order chi connectivity index (χ1) is 14.4. The molecule has 1 fully saturated rings. The summed E-state index contributed by atoms with van der Waals surface area (Å²) in [6.45, 7) is 1.60. The summed E-state index contributed by atoms with van der Waals surface area (Å²) in [6, 6.07) is 10.3. The van der Waals surface area contributed by atoms with Crippen LogP contribution in [0.25, 0.3) is 0 Å². The predicted molar refractivity (Wildman–Crippen MR) is 107 cm³/mol. The lowest BCUT2D eigenvalue weighted by molar-refractivity contribution is -0.0272. The molecule has 0 saturated carbocycles. The number of aliphatic hydroxyl groups excluding tert-OH is 2. The zero-order valence-electron chi connectivity index (χ0n) is 16.0. The van der Waals surface area contributed by atoms with E-state index in [-0.39, 0.29) is 24.2 Å². The monoisotopic (exact) mass is 428 g/mol. The van der Waals surface area contributed by atoms with Gasteiger partial charge in [0.1, 0.15) is 23.4 Å². The lowest BCUT2D eigenvalue weighted by atomic mass is 10.2. The number of hydrogen-bond donors (Lipinski definition) is 4. The summed E-state index contributed by atoms with van der Waals surface area (Å²) >= 11 is 1.30. The minimum Gasteiger partial charge on any atom is -0.394 e. The fraction of sp³-hybridized carbons (Fsp3) is 0.300. The van der Waals surface area contributed by atoms with Crippen LogP contribution >= 0.6 is 11.8 Å². The summed E-state index contributed by atoms with van der Waals surface area (Å²) in [4.78, 5) is 29.4. The topological polar surface area (TPSA) is 145 Å². The van der Waals surface area contributed by atoms with Gasteiger partial charge in [0.2, 0.25) is 0 Å². The fourth-order valence-corrected chi connectivity index (χ4v) is 3.61. The van der Waals surface area contributed by atoms with Crippen molar-refractivity contribution in [2.24, 2.45) is 0 Å². The molecule has 0 spiro atoms. The number of carbonyl (C=O) groups excluding carboxylic acids is 2. The molecule has 1 aliphatic heterocycles. The Hall–Kier alpha value is -2.97. The number of urea groups is 1. The van der Waals surface area contributed by atoms with Gasteiger partial charge >= 0.3 is 6.03 Å². The molecular formula is C20H20N4O5S. The third-order valence-electron chi connectivity index (χ3n) is 4.39. The maximum Gasteiger partial charge on any atom is 0.323 e. The Morgan fingerprint density at radius 1 is 1.37 bits per heavy atom. The molecule has 10 heteroatoms. The summed E-state index contributed by atoms with van der Waals surface area (Å²) in [5, 5.41) is 33.1. The first-order valence-electron chi connectivity index (χ1n) is 9.10. The third-order valence-corrected chi connectivity index (χ3v) is 5.42. The van der Waals surface area contributed by atoms with Gasteiger partial charge in [-0.15, -0.1) is 0 Å². The molecule has 1 aliphatic rings. The first-order valence-corrected chi connectivity index (χ1v) is 9.92. The number of nitrogens with one attached hydrogen (secondary N) is 2. The summed E-state index contributed by atoms with van der Waals surface area (Å²) < 4.78 is 5.26. The van der Waals surface area contributed by atoms with Crippen molar-refractivity contribution in [2.75, 3.05) is 6.61 Å². The van der Waals surface area contributed by atoms with Crippen LogP contribution in [0, 0.1) is 18.3 Å². The average Bonchev–Trinajstić information content (AvgIpc) is 3.08. The molecule has 1 unspecified atom stereocenters. The van der Waals surface area contributed by atoms with E-state index in [4.69, 9.17) is 9.84 Å². The van der Waals surface area contributed by atoms with E-state index in [0.29, 0.717) is 5.03 Å². The fourth-order valence-electron chi connectivity index (χ4n) is 2.80. The Balaban J connectivity index is 1.62. The van der Waals surface area contributed by atoms with Gasteiger partial charge in [-0.3, -0.25) is 10.1 Å². The number of aryl methyl sites for hydroxylation is 1. The van der Waals surface area contributed by atoms with Crippen LogP contribution in [-0.2, 0) is 4.74 Å². The molecule has 9 nitrogen and oxygen atoms in total. The van der Waals surface area contributed by atoms with Crippen LogP contribution in [0.3, 0.4) is 0 Å². The van der Waals surface area contributed by atoms with Gasteiger partial charge in [0, 0.05) is 17.5 Å². The molecule has 156 valence electrons. The van der Waals surface area contributed by atoms with E-state index >= 15 is 0 Å². The molecule has 1 aromatic heterocycles. The first kappa shape index (κ1) is 21.7. The Labute approximate surface area is 177 Å². The minimum absolute atomic E-state index is 0.0514. The van der Waals surface area contributed by atoms with Crippen LogP contribution in [0.15, 0.2) is 46.5 Å². The molecule has 30 heavy (non-hydrogen) atoms. The number of amides is 3. The second-order valence-corrected chi connectivity index (χ2v) is 7.74. The van der Waals surface area contributed by atoms with E-state index in [1.54, 1.807) is 0 Å². The highest BCUT2D eigenvalue weighted by atomic mass is 32.2. The van der Waals surface area contributed by atoms with E-state index in [2.05, 4.69) is 15.6 Å². The number of benzene rings is 1. The summed E-state index contributed by atoms with van der Waals surface area (Å²) in [5.74, 6) is -0.736. The molecule has 3 rings (SSSR count). The van der Waals surface area contributed by atoms with Gasteiger partial charge < -0.3 is 20.3 Å². The molecule has 1 aromatic carbocycles. The van der Waals surface area contributed by atoms with Crippen LogP contribution in [0.2, 0.25) is 0 Å². The number of aromatic nitrogens is 1. The van der Waals surface area contributed by atoms with Gasteiger partial charge in [0.05, 0.1) is 23.8 Å². The van der Waals surface area contributed by atoms with Crippen molar-refractivity contribution < 1.29 is 24.5 Å². The van der Waals surface area contributed by atoms with Crippen molar-refractivity contribution in [3.8, 4) is 6.07 Å². The number of ether oxygens (including phenoxy) is 1. The zero-order chi connectivity index (χ0) is 21.7.